The SMILES string of the molecule is CN1CCCN(C(=O)c2cc(Br)c[nH]2)CC1. The summed E-state index contributed by atoms with van der Waals surface area (Å²) >= 11 is 3.34. The van der Waals surface area contributed by atoms with Gasteiger partial charge in [-0.05, 0) is 42.0 Å². The van der Waals surface area contributed by atoms with Crippen molar-refractivity contribution >= 4 is 21.8 Å². The zero-order chi connectivity index (χ0) is 11.5. The van der Waals surface area contributed by atoms with Gasteiger partial charge in [0, 0.05) is 30.3 Å². The van der Waals surface area contributed by atoms with E-state index in [9.17, 15) is 4.79 Å². The van der Waals surface area contributed by atoms with Gasteiger partial charge in [-0.2, -0.15) is 0 Å². The molecule has 2 heterocycles. The number of nitrogens with one attached hydrogen (secondary N) is 1. The zero-order valence-corrected chi connectivity index (χ0v) is 11.0. The largest absolute Gasteiger partial charge is 0.356 e. The molecule has 0 spiro atoms. The first-order valence-corrected chi connectivity index (χ1v) is 6.28. The summed E-state index contributed by atoms with van der Waals surface area (Å²) in [5.41, 5.74) is 0.663. The van der Waals surface area contributed by atoms with Crippen LogP contribution in [0.1, 0.15) is 16.9 Å². The van der Waals surface area contributed by atoms with Crippen LogP contribution in [0.4, 0.5) is 0 Å². The van der Waals surface area contributed by atoms with Crippen molar-refractivity contribution in [3.63, 3.8) is 0 Å². The second-order valence-electron chi connectivity index (χ2n) is 4.18. The summed E-state index contributed by atoms with van der Waals surface area (Å²) in [6, 6.07) is 1.83. The number of H-pyrrole nitrogens is 1. The first-order valence-electron chi connectivity index (χ1n) is 5.48. The van der Waals surface area contributed by atoms with E-state index in [-0.39, 0.29) is 5.91 Å². The van der Waals surface area contributed by atoms with Gasteiger partial charge in [0.15, 0.2) is 0 Å². The molecule has 1 aliphatic heterocycles. The number of halogens is 1. The van der Waals surface area contributed by atoms with E-state index >= 15 is 0 Å². The van der Waals surface area contributed by atoms with Crippen LogP contribution in [-0.2, 0) is 0 Å². The van der Waals surface area contributed by atoms with Gasteiger partial charge >= 0.3 is 0 Å². The quantitative estimate of drug-likeness (QED) is 0.851. The molecule has 1 saturated heterocycles. The molecule has 0 aliphatic carbocycles. The molecular weight excluding hydrogens is 270 g/mol. The molecular formula is C11H16BrN3O. The Morgan fingerprint density at radius 2 is 2.19 bits per heavy atom. The summed E-state index contributed by atoms with van der Waals surface area (Å²) in [5, 5.41) is 0. The molecule has 1 aromatic heterocycles. The number of hydrogen-bond donors (Lipinski definition) is 1. The molecule has 0 aromatic carbocycles. The van der Waals surface area contributed by atoms with Crippen molar-refractivity contribution in [3.05, 3.63) is 22.4 Å². The summed E-state index contributed by atoms with van der Waals surface area (Å²) < 4.78 is 0.919. The van der Waals surface area contributed by atoms with Gasteiger partial charge in [-0.25, -0.2) is 0 Å². The average Bonchev–Trinajstić information content (AvgIpc) is 2.57. The van der Waals surface area contributed by atoms with Gasteiger partial charge < -0.3 is 14.8 Å². The highest BCUT2D eigenvalue weighted by Gasteiger charge is 2.19. The Kier molecular flexibility index (Phi) is 3.66. The van der Waals surface area contributed by atoms with Crippen molar-refractivity contribution in [1.82, 2.24) is 14.8 Å². The number of aromatic nitrogens is 1. The molecule has 0 bridgehead atoms. The lowest BCUT2D eigenvalue weighted by molar-refractivity contribution is 0.0757. The summed E-state index contributed by atoms with van der Waals surface area (Å²) in [4.78, 5) is 19.3. The van der Waals surface area contributed by atoms with Crippen molar-refractivity contribution in [2.75, 3.05) is 33.2 Å². The second-order valence-corrected chi connectivity index (χ2v) is 5.10. The third kappa shape index (κ3) is 2.65. The second kappa shape index (κ2) is 5.01. The predicted molar refractivity (Wildman–Crippen MR) is 66.5 cm³/mol. The molecule has 16 heavy (non-hydrogen) atoms. The van der Waals surface area contributed by atoms with E-state index in [0.29, 0.717) is 5.69 Å². The number of carbonyl (C=O) groups is 1. The van der Waals surface area contributed by atoms with Gasteiger partial charge in [-0.3, -0.25) is 4.79 Å². The van der Waals surface area contributed by atoms with Crippen LogP contribution in [0.15, 0.2) is 16.7 Å². The number of hydrogen-bond acceptors (Lipinski definition) is 2. The molecule has 1 amide bonds. The molecule has 4 nitrogen and oxygen atoms in total. The van der Waals surface area contributed by atoms with Gasteiger partial charge in [0.25, 0.3) is 5.91 Å². The average molecular weight is 286 g/mol. The fourth-order valence-corrected chi connectivity index (χ4v) is 2.25. The van der Waals surface area contributed by atoms with E-state index in [4.69, 9.17) is 0 Å². The molecule has 0 saturated carbocycles. The van der Waals surface area contributed by atoms with Crippen LogP contribution in [0.2, 0.25) is 0 Å². The fraction of sp³-hybridized carbons (Fsp3) is 0.545. The lowest BCUT2D eigenvalue weighted by Crippen LogP contribution is -2.34. The van der Waals surface area contributed by atoms with Gasteiger partial charge in [0.05, 0.1) is 0 Å². The van der Waals surface area contributed by atoms with Crippen molar-refractivity contribution in [2.24, 2.45) is 0 Å². The lowest BCUT2D eigenvalue weighted by Gasteiger charge is -2.19. The van der Waals surface area contributed by atoms with E-state index in [0.717, 1.165) is 37.1 Å². The van der Waals surface area contributed by atoms with Gasteiger partial charge in [0.2, 0.25) is 0 Å². The van der Waals surface area contributed by atoms with E-state index < -0.39 is 0 Å². The highest BCUT2D eigenvalue weighted by molar-refractivity contribution is 9.10. The Bertz CT molecular complexity index is 377. The minimum absolute atomic E-state index is 0.0981. The highest BCUT2D eigenvalue weighted by Crippen LogP contribution is 2.13. The summed E-state index contributed by atoms with van der Waals surface area (Å²) in [6.07, 6.45) is 2.83. The van der Waals surface area contributed by atoms with E-state index in [2.05, 4.69) is 32.9 Å². The first kappa shape index (κ1) is 11.7. The van der Waals surface area contributed by atoms with E-state index in [1.165, 1.54) is 0 Å². The third-order valence-corrected chi connectivity index (χ3v) is 3.34. The van der Waals surface area contributed by atoms with Crippen LogP contribution in [-0.4, -0.2) is 53.9 Å². The van der Waals surface area contributed by atoms with Crippen LogP contribution in [0.3, 0.4) is 0 Å². The fourth-order valence-electron chi connectivity index (χ4n) is 1.91. The molecule has 5 heteroatoms. The molecule has 1 N–H and O–H groups in total. The summed E-state index contributed by atoms with van der Waals surface area (Å²) in [7, 11) is 2.10. The maximum atomic E-state index is 12.1. The number of aromatic amines is 1. The maximum Gasteiger partial charge on any atom is 0.270 e. The Balaban J connectivity index is 2.04. The predicted octanol–water partition coefficient (Wildman–Crippen LogP) is 1.55. The molecule has 1 fully saturated rings. The Morgan fingerprint density at radius 3 is 2.88 bits per heavy atom. The Labute approximate surface area is 104 Å². The standard InChI is InChI=1S/C11H16BrN3O/c1-14-3-2-4-15(6-5-14)11(16)10-7-9(12)8-13-10/h7-8,13H,2-6H2,1H3. The lowest BCUT2D eigenvalue weighted by atomic mass is 10.3. The third-order valence-electron chi connectivity index (χ3n) is 2.88. The number of nitrogens with zero attached hydrogens (tertiary/aromatic N) is 2. The van der Waals surface area contributed by atoms with Crippen molar-refractivity contribution in [3.8, 4) is 0 Å². The van der Waals surface area contributed by atoms with Crippen LogP contribution >= 0.6 is 15.9 Å². The van der Waals surface area contributed by atoms with Crippen LogP contribution in [0, 0.1) is 0 Å². The number of carbonyl (C=O) groups excluding carboxylic acids is 1. The minimum Gasteiger partial charge on any atom is -0.356 e. The van der Waals surface area contributed by atoms with Crippen LogP contribution in [0.25, 0.3) is 0 Å². The first-order chi connectivity index (χ1) is 7.66. The molecule has 0 unspecified atom stereocenters. The van der Waals surface area contributed by atoms with Crippen LogP contribution < -0.4 is 0 Å². The molecule has 88 valence electrons. The Hall–Kier alpha value is -0.810. The number of rotatable bonds is 1. The van der Waals surface area contributed by atoms with E-state index in [1.54, 1.807) is 6.20 Å². The van der Waals surface area contributed by atoms with Crippen molar-refractivity contribution in [2.45, 2.75) is 6.42 Å². The molecule has 1 aliphatic rings. The Morgan fingerprint density at radius 1 is 1.38 bits per heavy atom. The molecule has 1 aromatic rings. The molecule has 2 rings (SSSR count). The molecule has 0 radical (unpaired) electrons. The topological polar surface area (TPSA) is 39.3 Å². The number of amides is 1. The maximum absolute atomic E-state index is 12.1. The number of likely N-dealkylation sites (N-methyl/N-ethyl adjacent to an activating group) is 1. The highest BCUT2D eigenvalue weighted by atomic mass is 79.9. The summed E-state index contributed by atoms with van der Waals surface area (Å²) in [6.45, 7) is 3.68. The van der Waals surface area contributed by atoms with Crippen molar-refractivity contribution in [1.29, 1.82) is 0 Å². The molecule has 0 atom stereocenters. The van der Waals surface area contributed by atoms with Gasteiger partial charge in [-0.1, -0.05) is 0 Å². The zero-order valence-electron chi connectivity index (χ0n) is 9.37. The minimum atomic E-state index is 0.0981. The monoisotopic (exact) mass is 285 g/mol. The van der Waals surface area contributed by atoms with Crippen LogP contribution in [0.5, 0.6) is 0 Å². The van der Waals surface area contributed by atoms with E-state index in [1.807, 2.05) is 11.0 Å². The van der Waals surface area contributed by atoms with Crippen molar-refractivity contribution < 1.29 is 4.79 Å². The van der Waals surface area contributed by atoms with Gasteiger partial charge in [-0.15, -0.1) is 0 Å². The smallest absolute Gasteiger partial charge is 0.270 e. The normalized spacial score (nSPS) is 18.5. The van der Waals surface area contributed by atoms with Gasteiger partial charge in [0.1, 0.15) is 5.69 Å². The summed E-state index contributed by atoms with van der Waals surface area (Å²) in [5.74, 6) is 0.0981.